The van der Waals surface area contributed by atoms with Crippen molar-refractivity contribution in [3.05, 3.63) is 29.3 Å². The van der Waals surface area contributed by atoms with Gasteiger partial charge < -0.3 is 10.6 Å². The van der Waals surface area contributed by atoms with Crippen molar-refractivity contribution in [2.75, 3.05) is 38.0 Å². The molecule has 2 N–H and O–H groups in total. The number of para-hydroxylation sites is 1. The Labute approximate surface area is 145 Å². The molecule has 2 saturated heterocycles. The van der Waals surface area contributed by atoms with Gasteiger partial charge in [-0.25, -0.2) is 0 Å². The van der Waals surface area contributed by atoms with Gasteiger partial charge >= 0.3 is 0 Å². The van der Waals surface area contributed by atoms with E-state index < -0.39 is 0 Å². The summed E-state index contributed by atoms with van der Waals surface area (Å²) in [5.74, 6) is 0.118. The second-order valence-corrected chi connectivity index (χ2v) is 6.90. The molecule has 1 amide bonds. The normalized spacial score (nSPS) is 23.9. The van der Waals surface area contributed by atoms with Gasteiger partial charge in [-0.15, -0.1) is 12.4 Å². The van der Waals surface area contributed by atoms with Gasteiger partial charge in [0.05, 0.1) is 6.54 Å². The van der Waals surface area contributed by atoms with Crippen molar-refractivity contribution < 1.29 is 4.79 Å². The minimum atomic E-state index is 0. The lowest BCUT2D eigenvalue weighted by Gasteiger charge is -2.22. The number of nitrogens with one attached hydrogen (secondary N) is 2. The summed E-state index contributed by atoms with van der Waals surface area (Å²) in [6.45, 7) is 9.04. The van der Waals surface area contributed by atoms with E-state index in [4.69, 9.17) is 0 Å². The first-order valence-electron chi connectivity index (χ1n) is 8.43. The summed E-state index contributed by atoms with van der Waals surface area (Å²) < 4.78 is 0. The Morgan fingerprint density at radius 1 is 1.39 bits per heavy atom. The molecule has 1 atom stereocenters. The first kappa shape index (κ1) is 18.2. The van der Waals surface area contributed by atoms with Gasteiger partial charge in [0.15, 0.2) is 0 Å². The molecule has 2 aliphatic heterocycles. The number of halogens is 1. The topological polar surface area (TPSA) is 44.4 Å². The summed E-state index contributed by atoms with van der Waals surface area (Å²) in [7, 11) is 0. The fourth-order valence-corrected chi connectivity index (χ4v) is 3.89. The van der Waals surface area contributed by atoms with Crippen molar-refractivity contribution >= 4 is 24.0 Å². The van der Waals surface area contributed by atoms with Gasteiger partial charge in [-0.1, -0.05) is 25.1 Å². The fourth-order valence-electron chi connectivity index (χ4n) is 3.89. The summed E-state index contributed by atoms with van der Waals surface area (Å²) in [5.41, 5.74) is 3.79. The Morgan fingerprint density at radius 2 is 2.22 bits per heavy atom. The minimum absolute atomic E-state index is 0. The molecule has 3 rings (SSSR count). The van der Waals surface area contributed by atoms with Crippen LogP contribution in [0.15, 0.2) is 18.2 Å². The number of hydrogen-bond donors (Lipinski definition) is 2. The van der Waals surface area contributed by atoms with Gasteiger partial charge in [0.25, 0.3) is 0 Å². The lowest BCUT2D eigenvalue weighted by Crippen LogP contribution is -2.34. The number of carbonyl (C=O) groups excluding carboxylic acids is 1. The zero-order valence-electron chi connectivity index (χ0n) is 14.2. The van der Waals surface area contributed by atoms with E-state index in [-0.39, 0.29) is 18.3 Å². The average Bonchev–Trinajstić information content (AvgIpc) is 3.11. The van der Waals surface area contributed by atoms with Crippen molar-refractivity contribution in [3.8, 4) is 0 Å². The minimum Gasteiger partial charge on any atom is -0.324 e. The van der Waals surface area contributed by atoms with E-state index in [2.05, 4.69) is 47.6 Å². The molecule has 128 valence electrons. The van der Waals surface area contributed by atoms with Crippen molar-refractivity contribution in [1.29, 1.82) is 0 Å². The molecule has 2 heterocycles. The monoisotopic (exact) mass is 337 g/mol. The number of nitrogens with zero attached hydrogens (tertiary/aromatic N) is 1. The third-order valence-electron chi connectivity index (χ3n) is 5.22. The Kier molecular flexibility index (Phi) is 6.06. The molecule has 23 heavy (non-hydrogen) atoms. The Morgan fingerprint density at radius 3 is 2.91 bits per heavy atom. The van der Waals surface area contributed by atoms with Gasteiger partial charge in [0.1, 0.15) is 0 Å². The van der Waals surface area contributed by atoms with Gasteiger partial charge in [0.2, 0.25) is 5.91 Å². The van der Waals surface area contributed by atoms with Crippen molar-refractivity contribution in [1.82, 2.24) is 10.2 Å². The number of likely N-dealkylation sites (tertiary alicyclic amines) is 1. The number of hydrogen-bond acceptors (Lipinski definition) is 3. The number of aryl methyl sites for hydroxylation is 2. The number of carbonyl (C=O) groups is 1. The van der Waals surface area contributed by atoms with E-state index in [0.717, 1.165) is 43.9 Å². The molecular weight excluding hydrogens is 310 g/mol. The summed E-state index contributed by atoms with van der Waals surface area (Å²) in [6.07, 6.45) is 3.41. The van der Waals surface area contributed by atoms with Crippen molar-refractivity contribution in [3.63, 3.8) is 0 Å². The number of amides is 1. The number of anilines is 1. The molecule has 2 aliphatic rings. The maximum atomic E-state index is 12.4. The van der Waals surface area contributed by atoms with Crippen LogP contribution >= 0.6 is 12.4 Å². The molecule has 1 aromatic carbocycles. The first-order chi connectivity index (χ1) is 10.6. The predicted octanol–water partition coefficient (Wildman–Crippen LogP) is 2.60. The van der Waals surface area contributed by atoms with E-state index in [0.29, 0.717) is 12.0 Å². The maximum Gasteiger partial charge on any atom is 0.238 e. The number of rotatable bonds is 4. The fraction of sp³-hybridized carbons (Fsp3) is 0.611. The molecule has 2 fully saturated rings. The largest absolute Gasteiger partial charge is 0.324 e. The number of benzene rings is 1. The van der Waals surface area contributed by atoms with Crippen molar-refractivity contribution in [2.45, 2.75) is 33.1 Å². The summed E-state index contributed by atoms with van der Waals surface area (Å²) in [5, 5.41) is 6.60. The SMILES string of the molecule is CCc1cccc(C)c1NC(=O)CN1CCC2(CCNC2)C1.Cl. The van der Waals surface area contributed by atoms with Crippen LogP contribution < -0.4 is 10.6 Å². The van der Waals surface area contributed by atoms with Crippen LogP contribution in [0, 0.1) is 12.3 Å². The third kappa shape index (κ3) is 4.06. The standard InChI is InChI=1S/C18H27N3O.ClH/c1-3-15-6-4-5-14(2)17(15)20-16(22)11-21-10-8-18(13-21)7-9-19-12-18;/h4-6,19H,3,7-13H2,1-2H3,(H,20,22);1H. The van der Waals surface area contributed by atoms with Crippen LogP contribution in [0.5, 0.6) is 0 Å². The highest BCUT2D eigenvalue weighted by Gasteiger charge is 2.40. The van der Waals surface area contributed by atoms with E-state index in [9.17, 15) is 4.79 Å². The quantitative estimate of drug-likeness (QED) is 0.887. The molecule has 1 aromatic rings. The molecule has 4 nitrogen and oxygen atoms in total. The zero-order chi connectivity index (χ0) is 15.6. The highest BCUT2D eigenvalue weighted by Crippen LogP contribution is 2.35. The second kappa shape index (κ2) is 7.65. The van der Waals surface area contributed by atoms with Crippen LogP contribution in [-0.2, 0) is 11.2 Å². The van der Waals surface area contributed by atoms with Crippen LogP contribution in [0.1, 0.15) is 30.9 Å². The highest BCUT2D eigenvalue weighted by molar-refractivity contribution is 5.93. The lowest BCUT2D eigenvalue weighted by atomic mass is 9.87. The van der Waals surface area contributed by atoms with E-state index in [1.54, 1.807) is 0 Å². The Bertz CT molecular complexity index is 555. The van der Waals surface area contributed by atoms with E-state index in [1.807, 2.05) is 0 Å². The molecule has 0 saturated carbocycles. The van der Waals surface area contributed by atoms with Crippen LogP contribution in [0.25, 0.3) is 0 Å². The van der Waals surface area contributed by atoms with Crippen LogP contribution in [0.4, 0.5) is 5.69 Å². The molecule has 5 heteroatoms. The van der Waals surface area contributed by atoms with Gasteiger partial charge in [-0.2, -0.15) is 0 Å². The Balaban J connectivity index is 0.00000192. The van der Waals surface area contributed by atoms with Crippen LogP contribution in [-0.4, -0.2) is 43.5 Å². The summed E-state index contributed by atoms with van der Waals surface area (Å²) in [6, 6.07) is 6.21. The van der Waals surface area contributed by atoms with Gasteiger partial charge in [-0.3, -0.25) is 9.69 Å². The molecule has 1 unspecified atom stereocenters. The third-order valence-corrected chi connectivity index (χ3v) is 5.22. The Hall–Kier alpha value is -1.10. The molecule has 0 aliphatic carbocycles. The molecule has 0 aromatic heterocycles. The van der Waals surface area contributed by atoms with E-state index in [1.165, 1.54) is 18.4 Å². The molecular formula is C18H28ClN3O. The maximum absolute atomic E-state index is 12.4. The smallest absolute Gasteiger partial charge is 0.238 e. The lowest BCUT2D eigenvalue weighted by molar-refractivity contribution is -0.117. The average molecular weight is 338 g/mol. The first-order valence-corrected chi connectivity index (χ1v) is 8.43. The molecule has 0 radical (unpaired) electrons. The molecule has 0 bridgehead atoms. The summed E-state index contributed by atoms with van der Waals surface area (Å²) in [4.78, 5) is 14.7. The molecule has 1 spiro atoms. The highest BCUT2D eigenvalue weighted by atomic mass is 35.5. The van der Waals surface area contributed by atoms with E-state index >= 15 is 0 Å². The van der Waals surface area contributed by atoms with Crippen molar-refractivity contribution in [2.24, 2.45) is 5.41 Å². The zero-order valence-corrected chi connectivity index (χ0v) is 15.0. The van der Waals surface area contributed by atoms with Gasteiger partial charge in [0, 0.05) is 18.8 Å². The van der Waals surface area contributed by atoms with Crippen LogP contribution in [0.2, 0.25) is 0 Å². The second-order valence-electron chi connectivity index (χ2n) is 6.90. The van der Waals surface area contributed by atoms with Crippen LogP contribution in [0.3, 0.4) is 0 Å². The summed E-state index contributed by atoms with van der Waals surface area (Å²) >= 11 is 0. The predicted molar refractivity (Wildman–Crippen MR) is 97.4 cm³/mol. The van der Waals surface area contributed by atoms with Gasteiger partial charge in [-0.05, 0) is 55.8 Å².